The molecule has 1 aliphatic rings. The number of amides is 2. The van der Waals surface area contributed by atoms with Crippen molar-refractivity contribution in [1.29, 1.82) is 0 Å². The highest BCUT2D eigenvalue weighted by molar-refractivity contribution is 6.05. The summed E-state index contributed by atoms with van der Waals surface area (Å²) in [6.45, 7) is 3.87. The first-order valence-electron chi connectivity index (χ1n) is 9.25. The monoisotopic (exact) mass is 362 g/mol. The number of pyridine rings is 1. The number of carbonyl (C=O) groups is 2. The van der Waals surface area contributed by atoms with Gasteiger partial charge in [0.15, 0.2) is 0 Å². The van der Waals surface area contributed by atoms with Crippen LogP contribution in [0.2, 0.25) is 0 Å². The van der Waals surface area contributed by atoms with Gasteiger partial charge in [0.1, 0.15) is 11.3 Å². The molecule has 6 nitrogen and oxygen atoms in total. The lowest BCUT2D eigenvalue weighted by Crippen LogP contribution is -2.26. The summed E-state index contributed by atoms with van der Waals surface area (Å²) in [5.74, 6) is -0.321. The van der Waals surface area contributed by atoms with Gasteiger partial charge in [-0.15, -0.1) is 0 Å². The lowest BCUT2D eigenvalue weighted by atomic mass is 10.1. The molecule has 0 atom stereocenters. The molecule has 2 heterocycles. The summed E-state index contributed by atoms with van der Waals surface area (Å²) >= 11 is 0. The zero-order valence-electron chi connectivity index (χ0n) is 15.5. The van der Waals surface area contributed by atoms with Gasteiger partial charge >= 0.3 is 0 Å². The molecule has 0 unspecified atom stereocenters. The first-order chi connectivity index (χ1) is 13.1. The van der Waals surface area contributed by atoms with Gasteiger partial charge < -0.3 is 10.6 Å². The molecule has 1 saturated carbocycles. The van der Waals surface area contributed by atoms with Gasteiger partial charge in [0, 0.05) is 23.5 Å². The highest BCUT2D eigenvalue weighted by Gasteiger charge is 2.25. The topological polar surface area (TPSA) is 75.5 Å². The second kappa shape index (κ2) is 6.87. The van der Waals surface area contributed by atoms with Gasteiger partial charge in [-0.3, -0.25) is 14.0 Å². The Morgan fingerprint density at radius 3 is 2.74 bits per heavy atom. The fourth-order valence-corrected chi connectivity index (χ4v) is 3.16. The van der Waals surface area contributed by atoms with E-state index in [9.17, 15) is 9.59 Å². The lowest BCUT2D eigenvalue weighted by Gasteiger charge is -2.11. The molecular formula is C21H22N4O2. The molecule has 3 aromatic rings. The highest BCUT2D eigenvalue weighted by Crippen LogP contribution is 2.22. The molecule has 0 saturated heterocycles. The summed E-state index contributed by atoms with van der Waals surface area (Å²) in [4.78, 5) is 29.9. The smallest absolute Gasteiger partial charge is 0.274 e. The summed E-state index contributed by atoms with van der Waals surface area (Å²) in [5.41, 5.74) is 4.09. The minimum Gasteiger partial charge on any atom is -0.349 e. The number of hydrogen-bond donors (Lipinski definition) is 2. The van der Waals surface area contributed by atoms with Crippen LogP contribution in [0.15, 0.2) is 42.6 Å². The molecule has 4 rings (SSSR count). The van der Waals surface area contributed by atoms with Crippen molar-refractivity contribution in [2.24, 2.45) is 0 Å². The van der Waals surface area contributed by atoms with Crippen LogP contribution in [0.25, 0.3) is 5.65 Å². The zero-order chi connectivity index (χ0) is 19.0. The van der Waals surface area contributed by atoms with Crippen molar-refractivity contribution < 1.29 is 9.59 Å². The lowest BCUT2D eigenvalue weighted by molar-refractivity contribution is 0.0949. The first kappa shape index (κ1) is 17.3. The Morgan fingerprint density at radius 1 is 1.19 bits per heavy atom. The Morgan fingerprint density at radius 2 is 2.00 bits per heavy atom. The van der Waals surface area contributed by atoms with E-state index in [2.05, 4.69) is 15.6 Å². The average molecular weight is 362 g/mol. The zero-order valence-corrected chi connectivity index (χ0v) is 15.5. The van der Waals surface area contributed by atoms with E-state index in [1.807, 2.05) is 50.4 Å². The quantitative estimate of drug-likeness (QED) is 0.731. The molecule has 0 bridgehead atoms. The molecule has 1 aromatic carbocycles. The van der Waals surface area contributed by atoms with Crippen molar-refractivity contribution in [3.8, 4) is 0 Å². The van der Waals surface area contributed by atoms with Crippen LogP contribution in [0.4, 0.5) is 5.69 Å². The van der Waals surface area contributed by atoms with E-state index in [4.69, 9.17) is 0 Å². The summed E-state index contributed by atoms with van der Waals surface area (Å²) in [5, 5.41) is 5.92. The normalized spacial score (nSPS) is 13.6. The van der Waals surface area contributed by atoms with Gasteiger partial charge in [0.25, 0.3) is 11.8 Å². The van der Waals surface area contributed by atoms with Crippen molar-refractivity contribution in [3.63, 3.8) is 0 Å². The number of imidazole rings is 1. The number of nitrogens with one attached hydrogen (secondary N) is 2. The molecule has 1 fully saturated rings. The van der Waals surface area contributed by atoms with Crippen molar-refractivity contribution in [2.45, 2.75) is 39.2 Å². The highest BCUT2D eigenvalue weighted by atomic mass is 16.2. The number of benzene rings is 1. The van der Waals surface area contributed by atoms with E-state index >= 15 is 0 Å². The van der Waals surface area contributed by atoms with Gasteiger partial charge in [0.05, 0.1) is 5.69 Å². The largest absolute Gasteiger partial charge is 0.349 e. The van der Waals surface area contributed by atoms with Crippen LogP contribution in [-0.2, 0) is 6.42 Å². The minimum atomic E-state index is -0.233. The van der Waals surface area contributed by atoms with Crippen LogP contribution >= 0.6 is 0 Å². The van der Waals surface area contributed by atoms with Crippen LogP contribution in [-0.4, -0.2) is 27.2 Å². The van der Waals surface area contributed by atoms with Crippen LogP contribution in [0.1, 0.15) is 51.9 Å². The number of hydrogen-bond acceptors (Lipinski definition) is 3. The first-order valence-corrected chi connectivity index (χ1v) is 9.25. The number of nitrogens with zero attached hydrogens (tertiary/aromatic N) is 2. The Kier molecular flexibility index (Phi) is 4.39. The second-order valence-electron chi connectivity index (χ2n) is 6.92. The SMILES string of the molecule is CCc1nc2ccccn2c1C(=O)Nc1ccc(C)c(C(=O)NC2CC2)c1. The standard InChI is InChI=1S/C21H22N4O2/c1-3-17-19(25-11-5-4-6-18(25)24-17)21(27)23-15-8-7-13(2)16(12-15)20(26)22-14-9-10-14/h4-8,11-12,14H,3,9-10H2,1-2H3,(H,22,26)(H,23,27). The third-order valence-corrected chi connectivity index (χ3v) is 4.80. The molecule has 6 heteroatoms. The maximum atomic E-state index is 13.0. The van der Waals surface area contributed by atoms with Crippen molar-refractivity contribution >= 4 is 23.1 Å². The van der Waals surface area contributed by atoms with Crippen LogP contribution in [0.5, 0.6) is 0 Å². The summed E-state index contributed by atoms with van der Waals surface area (Å²) in [6.07, 6.45) is 4.57. The third-order valence-electron chi connectivity index (χ3n) is 4.80. The average Bonchev–Trinajstić information content (AvgIpc) is 3.39. The summed E-state index contributed by atoms with van der Waals surface area (Å²) in [6, 6.07) is 11.3. The second-order valence-corrected chi connectivity index (χ2v) is 6.92. The van der Waals surface area contributed by atoms with E-state index < -0.39 is 0 Å². The van der Waals surface area contributed by atoms with Gasteiger partial charge in [-0.25, -0.2) is 4.98 Å². The molecular weight excluding hydrogens is 340 g/mol. The molecule has 2 N–H and O–H groups in total. The summed E-state index contributed by atoms with van der Waals surface area (Å²) < 4.78 is 1.79. The fraction of sp³-hybridized carbons (Fsp3) is 0.286. The number of aryl methyl sites for hydroxylation is 2. The Bertz CT molecular complexity index is 1030. The Hall–Kier alpha value is -3.15. The Labute approximate surface area is 157 Å². The van der Waals surface area contributed by atoms with Crippen LogP contribution < -0.4 is 10.6 Å². The van der Waals surface area contributed by atoms with Crippen molar-refractivity contribution in [3.05, 3.63) is 65.1 Å². The molecule has 2 amide bonds. The maximum absolute atomic E-state index is 13.0. The molecule has 0 aliphatic heterocycles. The molecule has 0 radical (unpaired) electrons. The third kappa shape index (κ3) is 3.43. The van der Waals surface area contributed by atoms with E-state index in [0.29, 0.717) is 29.4 Å². The molecule has 1 aliphatic carbocycles. The van der Waals surface area contributed by atoms with Gasteiger partial charge in [0.2, 0.25) is 0 Å². The molecule has 138 valence electrons. The number of carbonyl (C=O) groups excluding carboxylic acids is 2. The molecule has 0 spiro atoms. The summed E-state index contributed by atoms with van der Waals surface area (Å²) in [7, 11) is 0. The maximum Gasteiger partial charge on any atom is 0.274 e. The minimum absolute atomic E-state index is 0.0878. The number of rotatable bonds is 5. The number of fused-ring (bicyclic) bond motifs is 1. The van der Waals surface area contributed by atoms with E-state index in [0.717, 1.165) is 29.7 Å². The number of aromatic nitrogens is 2. The van der Waals surface area contributed by atoms with Crippen LogP contribution in [0, 0.1) is 6.92 Å². The fourth-order valence-electron chi connectivity index (χ4n) is 3.16. The predicted molar refractivity (Wildman–Crippen MR) is 104 cm³/mol. The van der Waals surface area contributed by atoms with Gasteiger partial charge in [-0.1, -0.05) is 19.1 Å². The van der Waals surface area contributed by atoms with E-state index in [1.54, 1.807) is 10.5 Å². The van der Waals surface area contributed by atoms with Crippen molar-refractivity contribution in [1.82, 2.24) is 14.7 Å². The van der Waals surface area contributed by atoms with E-state index in [1.165, 1.54) is 0 Å². The molecule has 27 heavy (non-hydrogen) atoms. The molecule has 2 aromatic heterocycles. The number of anilines is 1. The van der Waals surface area contributed by atoms with E-state index in [-0.39, 0.29) is 11.8 Å². The van der Waals surface area contributed by atoms with Crippen molar-refractivity contribution in [2.75, 3.05) is 5.32 Å². The van der Waals surface area contributed by atoms with Gasteiger partial charge in [-0.2, -0.15) is 0 Å². The van der Waals surface area contributed by atoms with Crippen LogP contribution in [0.3, 0.4) is 0 Å². The Balaban J connectivity index is 1.62. The van der Waals surface area contributed by atoms with Gasteiger partial charge in [-0.05, 0) is 56.0 Å². The predicted octanol–water partition coefficient (Wildman–Crippen LogP) is 3.35.